The number of rotatable bonds is 19. The van der Waals surface area contributed by atoms with E-state index in [-0.39, 0.29) is 32.8 Å². The lowest BCUT2D eigenvalue weighted by molar-refractivity contribution is 0.0114. The van der Waals surface area contributed by atoms with Crippen molar-refractivity contribution in [2.45, 2.75) is 66.1 Å². The van der Waals surface area contributed by atoms with Crippen molar-refractivity contribution in [3.8, 4) is 0 Å². The predicted molar refractivity (Wildman–Crippen MR) is 133 cm³/mol. The van der Waals surface area contributed by atoms with Crippen LogP contribution in [0, 0.1) is 0 Å². The van der Waals surface area contributed by atoms with Crippen LogP contribution in [0.15, 0.2) is 30.3 Å². The van der Waals surface area contributed by atoms with E-state index in [0.29, 0.717) is 13.2 Å². The fourth-order valence-corrected chi connectivity index (χ4v) is 9.01. The first kappa shape index (κ1) is 30.5. The van der Waals surface area contributed by atoms with Gasteiger partial charge in [0.1, 0.15) is 0 Å². The van der Waals surface area contributed by atoms with Gasteiger partial charge in [0, 0.05) is 13.0 Å². The van der Waals surface area contributed by atoms with Gasteiger partial charge in [-0.15, -0.1) is 0 Å². The van der Waals surface area contributed by atoms with Crippen molar-refractivity contribution in [3.05, 3.63) is 35.9 Å². The van der Waals surface area contributed by atoms with E-state index in [2.05, 4.69) is 18.7 Å². The Labute approximate surface area is 200 Å². The molecule has 8 nitrogen and oxygen atoms in total. The standard InChI is InChI=1S/C23H43NO7P2/c1-7-24(8-2)19-22(27-20-21-16-14-13-15-17-21)18-23(32(25,28-9-3)29-10-4)33(26,30-11-5)31-12-6/h13-17,22-23H,7-12,18-20H2,1-6H3. The maximum Gasteiger partial charge on any atom is 0.345 e. The topological polar surface area (TPSA) is 83.5 Å². The molecule has 0 bridgehead atoms. The maximum absolute atomic E-state index is 13.9. The first-order chi connectivity index (χ1) is 15.8. The fraction of sp³-hybridized carbons (Fsp3) is 0.739. The molecule has 0 aliphatic carbocycles. The molecule has 0 saturated heterocycles. The van der Waals surface area contributed by atoms with Crippen molar-refractivity contribution in [1.29, 1.82) is 0 Å². The maximum atomic E-state index is 13.9. The van der Waals surface area contributed by atoms with Crippen LogP contribution in [0.25, 0.3) is 0 Å². The SMILES string of the molecule is CCOP(=O)(OCC)C(CC(CN(CC)CC)OCc1ccccc1)P(=O)(OCC)OCC. The molecule has 33 heavy (non-hydrogen) atoms. The van der Waals surface area contributed by atoms with Gasteiger partial charge in [-0.2, -0.15) is 0 Å². The van der Waals surface area contributed by atoms with Crippen molar-refractivity contribution in [2.24, 2.45) is 0 Å². The highest BCUT2D eigenvalue weighted by Crippen LogP contribution is 2.71. The van der Waals surface area contributed by atoms with Crippen LogP contribution in [0.5, 0.6) is 0 Å². The average molecular weight is 508 g/mol. The highest BCUT2D eigenvalue weighted by Gasteiger charge is 2.51. The van der Waals surface area contributed by atoms with E-state index in [0.717, 1.165) is 18.7 Å². The van der Waals surface area contributed by atoms with Crippen LogP contribution >= 0.6 is 15.2 Å². The minimum atomic E-state index is -3.83. The second-order valence-electron chi connectivity index (χ2n) is 7.37. The van der Waals surface area contributed by atoms with Gasteiger partial charge in [0.15, 0.2) is 5.40 Å². The Hall–Kier alpha value is -0.560. The molecule has 0 amide bonds. The molecule has 0 saturated carbocycles. The molecule has 0 spiro atoms. The lowest BCUT2D eigenvalue weighted by Gasteiger charge is -2.34. The Balaban J connectivity index is 3.35. The smallest absolute Gasteiger partial charge is 0.345 e. The second-order valence-corrected chi connectivity index (χ2v) is 12.2. The number of hydrogen-bond acceptors (Lipinski definition) is 8. The van der Waals surface area contributed by atoms with Crippen LogP contribution in [0.3, 0.4) is 0 Å². The summed E-state index contributed by atoms with van der Waals surface area (Å²) in [6.45, 7) is 14.3. The molecule has 0 aliphatic rings. The van der Waals surface area contributed by atoms with Crippen molar-refractivity contribution in [3.63, 3.8) is 0 Å². The van der Waals surface area contributed by atoms with Gasteiger partial charge in [-0.25, -0.2) is 0 Å². The summed E-state index contributed by atoms with van der Waals surface area (Å²) in [5, 5.41) is -1.10. The summed E-state index contributed by atoms with van der Waals surface area (Å²) in [6.07, 6.45) is -0.240. The summed E-state index contributed by atoms with van der Waals surface area (Å²) in [4.78, 5) is 2.21. The zero-order chi connectivity index (χ0) is 24.7. The lowest BCUT2D eigenvalue weighted by atomic mass is 10.2. The van der Waals surface area contributed by atoms with Gasteiger partial charge in [-0.3, -0.25) is 9.13 Å². The Morgan fingerprint density at radius 2 is 1.21 bits per heavy atom. The molecular formula is C23H43NO7P2. The van der Waals surface area contributed by atoms with E-state index in [1.54, 1.807) is 27.7 Å². The molecule has 1 rings (SSSR count). The van der Waals surface area contributed by atoms with Gasteiger partial charge in [0.2, 0.25) is 0 Å². The van der Waals surface area contributed by atoms with Crippen LogP contribution < -0.4 is 0 Å². The number of ether oxygens (including phenoxy) is 1. The molecule has 0 aliphatic heterocycles. The third kappa shape index (κ3) is 9.91. The van der Waals surface area contributed by atoms with Gasteiger partial charge < -0.3 is 27.7 Å². The minimum Gasteiger partial charge on any atom is -0.372 e. The Morgan fingerprint density at radius 3 is 1.61 bits per heavy atom. The predicted octanol–water partition coefficient (Wildman–Crippen LogP) is 6.16. The summed E-state index contributed by atoms with van der Waals surface area (Å²) in [6, 6.07) is 9.84. The third-order valence-corrected chi connectivity index (χ3v) is 11.2. The molecule has 0 fully saturated rings. The normalized spacial score (nSPS) is 13.7. The highest BCUT2D eigenvalue weighted by atomic mass is 31.2. The van der Waals surface area contributed by atoms with E-state index in [9.17, 15) is 9.13 Å². The summed E-state index contributed by atoms with van der Waals surface area (Å²) in [5.41, 5.74) is 1.02. The van der Waals surface area contributed by atoms with E-state index >= 15 is 0 Å². The minimum absolute atomic E-state index is 0.150. The van der Waals surface area contributed by atoms with E-state index in [4.69, 9.17) is 22.8 Å². The molecule has 10 heteroatoms. The zero-order valence-corrected chi connectivity index (χ0v) is 22.9. The highest BCUT2D eigenvalue weighted by molar-refractivity contribution is 7.72. The number of likely N-dealkylation sites (N-methyl/N-ethyl adjacent to an activating group) is 1. The molecular weight excluding hydrogens is 464 g/mol. The zero-order valence-electron chi connectivity index (χ0n) is 21.1. The molecule has 192 valence electrons. The summed E-state index contributed by atoms with van der Waals surface area (Å²) >= 11 is 0. The van der Waals surface area contributed by atoms with Gasteiger partial charge in [-0.1, -0.05) is 44.2 Å². The Kier molecular flexibility index (Phi) is 14.9. The van der Waals surface area contributed by atoms with Gasteiger partial charge in [0.05, 0.1) is 39.1 Å². The monoisotopic (exact) mass is 507 g/mol. The van der Waals surface area contributed by atoms with Crippen molar-refractivity contribution < 1.29 is 32.0 Å². The molecule has 1 aromatic rings. The van der Waals surface area contributed by atoms with E-state index < -0.39 is 26.7 Å². The van der Waals surface area contributed by atoms with Crippen LogP contribution in [-0.2, 0) is 38.6 Å². The van der Waals surface area contributed by atoms with Crippen molar-refractivity contribution in [1.82, 2.24) is 4.90 Å². The molecule has 0 aromatic heterocycles. The Morgan fingerprint density at radius 1 is 0.758 bits per heavy atom. The Bertz CT molecular complexity index is 681. The summed E-state index contributed by atoms with van der Waals surface area (Å²) in [7, 11) is -7.66. The molecule has 0 N–H and O–H groups in total. The third-order valence-electron chi connectivity index (χ3n) is 5.12. The molecule has 1 unspecified atom stereocenters. The number of benzene rings is 1. The van der Waals surface area contributed by atoms with Gasteiger partial charge in [-0.05, 0) is 46.3 Å². The quantitative estimate of drug-likeness (QED) is 0.206. The molecule has 1 atom stereocenters. The van der Waals surface area contributed by atoms with E-state index in [1.807, 2.05) is 30.3 Å². The van der Waals surface area contributed by atoms with Crippen LogP contribution in [0.4, 0.5) is 0 Å². The summed E-state index contributed by atoms with van der Waals surface area (Å²) in [5.74, 6) is 0. The van der Waals surface area contributed by atoms with Crippen molar-refractivity contribution >= 4 is 15.2 Å². The first-order valence-electron chi connectivity index (χ1n) is 12.0. The molecule has 1 aromatic carbocycles. The van der Waals surface area contributed by atoms with Crippen LogP contribution in [0.1, 0.15) is 53.5 Å². The van der Waals surface area contributed by atoms with Crippen molar-refractivity contribution in [2.75, 3.05) is 46.1 Å². The number of nitrogens with zero attached hydrogens (tertiary/aromatic N) is 1. The van der Waals surface area contributed by atoms with Crippen LogP contribution in [-0.4, -0.2) is 62.5 Å². The van der Waals surface area contributed by atoms with E-state index in [1.165, 1.54) is 0 Å². The summed E-state index contributed by atoms with van der Waals surface area (Å²) < 4.78 is 56.6. The molecule has 0 radical (unpaired) electrons. The average Bonchev–Trinajstić information content (AvgIpc) is 2.79. The first-order valence-corrected chi connectivity index (χ1v) is 15.2. The second kappa shape index (κ2) is 16.2. The van der Waals surface area contributed by atoms with Gasteiger partial charge in [0.25, 0.3) is 0 Å². The largest absolute Gasteiger partial charge is 0.372 e. The lowest BCUT2D eigenvalue weighted by Crippen LogP contribution is -2.36. The fourth-order valence-electron chi connectivity index (χ4n) is 3.56. The van der Waals surface area contributed by atoms with Crippen LogP contribution in [0.2, 0.25) is 0 Å². The molecule has 0 heterocycles. The number of hydrogen-bond donors (Lipinski definition) is 0. The van der Waals surface area contributed by atoms with Gasteiger partial charge >= 0.3 is 15.2 Å².